The zero-order chi connectivity index (χ0) is 11.9. The molecule has 3 rings (SSSR count). The second-order valence-electron chi connectivity index (χ2n) is 4.97. The molecule has 0 atom stereocenters. The molecule has 0 spiro atoms. The Bertz CT molecular complexity index is 436. The molecule has 4 nitrogen and oxygen atoms in total. The van der Waals surface area contributed by atoms with Crippen LogP contribution in [0.15, 0.2) is 24.3 Å². The van der Waals surface area contributed by atoms with Gasteiger partial charge in [-0.3, -0.25) is 4.79 Å². The van der Waals surface area contributed by atoms with Gasteiger partial charge in [-0.05, 0) is 30.5 Å². The van der Waals surface area contributed by atoms with E-state index in [1.165, 1.54) is 5.56 Å². The molecular formula is C13H17N3O. The first kappa shape index (κ1) is 10.6. The van der Waals surface area contributed by atoms with E-state index in [0.717, 1.165) is 31.6 Å². The van der Waals surface area contributed by atoms with E-state index in [9.17, 15) is 4.79 Å². The molecular weight excluding hydrogens is 214 g/mol. The maximum Gasteiger partial charge on any atom is 0.239 e. The van der Waals surface area contributed by atoms with Crippen LogP contribution in [0.4, 0.5) is 5.69 Å². The zero-order valence-corrected chi connectivity index (χ0v) is 9.78. The van der Waals surface area contributed by atoms with Gasteiger partial charge in [0.15, 0.2) is 0 Å². The van der Waals surface area contributed by atoms with Crippen molar-refractivity contribution in [3.05, 3.63) is 29.8 Å². The van der Waals surface area contributed by atoms with Crippen LogP contribution >= 0.6 is 0 Å². The van der Waals surface area contributed by atoms with Gasteiger partial charge in [0.2, 0.25) is 5.91 Å². The first-order valence-electron chi connectivity index (χ1n) is 6.08. The van der Waals surface area contributed by atoms with Gasteiger partial charge in [-0.1, -0.05) is 12.1 Å². The highest BCUT2D eigenvalue weighted by molar-refractivity contribution is 5.82. The van der Waals surface area contributed by atoms with Crippen LogP contribution in [0.5, 0.6) is 0 Å². The average molecular weight is 231 g/mol. The summed E-state index contributed by atoms with van der Waals surface area (Å²) in [4.78, 5) is 13.4. The molecule has 0 radical (unpaired) electrons. The van der Waals surface area contributed by atoms with Crippen LogP contribution in [0.3, 0.4) is 0 Å². The van der Waals surface area contributed by atoms with E-state index in [4.69, 9.17) is 5.73 Å². The van der Waals surface area contributed by atoms with E-state index >= 15 is 0 Å². The van der Waals surface area contributed by atoms with Crippen molar-refractivity contribution in [1.82, 2.24) is 5.32 Å². The van der Waals surface area contributed by atoms with E-state index < -0.39 is 0 Å². The van der Waals surface area contributed by atoms with Crippen LogP contribution in [-0.2, 0) is 10.3 Å². The normalized spacial score (nSPS) is 22.2. The fraction of sp³-hybridized carbons (Fsp3) is 0.462. The topological polar surface area (TPSA) is 58.4 Å². The lowest BCUT2D eigenvalue weighted by molar-refractivity contribution is -0.120. The van der Waals surface area contributed by atoms with Gasteiger partial charge in [0.25, 0.3) is 0 Å². The molecule has 0 bridgehead atoms. The average Bonchev–Trinajstić information content (AvgIpc) is 3.09. The first-order valence-corrected chi connectivity index (χ1v) is 6.08. The molecule has 0 aromatic heterocycles. The maximum absolute atomic E-state index is 11.3. The van der Waals surface area contributed by atoms with Crippen LogP contribution in [-0.4, -0.2) is 25.5 Å². The van der Waals surface area contributed by atoms with Crippen molar-refractivity contribution < 1.29 is 4.79 Å². The Hall–Kier alpha value is -1.55. The number of nitrogens with zero attached hydrogens (tertiary/aromatic N) is 1. The largest absolute Gasteiger partial charge is 0.360 e. The van der Waals surface area contributed by atoms with E-state index in [2.05, 4.69) is 34.5 Å². The number of piperazine rings is 1. The summed E-state index contributed by atoms with van der Waals surface area (Å²) in [6.07, 6.45) is 2.16. The number of nitrogens with two attached hydrogens (primary N) is 1. The third kappa shape index (κ3) is 2.00. The highest BCUT2D eigenvalue weighted by atomic mass is 16.2. The molecule has 4 heteroatoms. The molecule has 1 amide bonds. The van der Waals surface area contributed by atoms with Crippen molar-refractivity contribution in [2.45, 2.75) is 18.4 Å². The lowest BCUT2D eigenvalue weighted by Crippen LogP contribution is -2.47. The van der Waals surface area contributed by atoms with Crippen molar-refractivity contribution >= 4 is 11.6 Å². The van der Waals surface area contributed by atoms with Gasteiger partial charge in [0, 0.05) is 24.3 Å². The molecule has 1 saturated carbocycles. The SMILES string of the molecule is NC1(c2ccc(N3CCNC(=O)C3)cc2)CC1. The summed E-state index contributed by atoms with van der Waals surface area (Å²) >= 11 is 0. The Morgan fingerprint density at radius 2 is 1.94 bits per heavy atom. The Morgan fingerprint density at radius 3 is 2.53 bits per heavy atom. The summed E-state index contributed by atoms with van der Waals surface area (Å²) in [6, 6.07) is 8.32. The summed E-state index contributed by atoms with van der Waals surface area (Å²) in [7, 11) is 0. The molecule has 0 unspecified atom stereocenters. The third-order valence-corrected chi connectivity index (χ3v) is 3.63. The Balaban J connectivity index is 1.77. The molecule has 1 aliphatic carbocycles. The Kier molecular flexibility index (Phi) is 2.33. The lowest BCUT2D eigenvalue weighted by atomic mass is 10.1. The number of benzene rings is 1. The Morgan fingerprint density at radius 1 is 1.24 bits per heavy atom. The van der Waals surface area contributed by atoms with Crippen molar-refractivity contribution in [3.63, 3.8) is 0 Å². The number of amides is 1. The van der Waals surface area contributed by atoms with Crippen molar-refractivity contribution in [3.8, 4) is 0 Å². The number of anilines is 1. The second-order valence-corrected chi connectivity index (χ2v) is 4.97. The number of rotatable bonds is 2. The van der Waals surface area contributed by atoms with Gasteiger partial charge in [-0.25, -0.2) is 0 Å². The number of hydrogen-bond donors (Lipinski definition) is 2. The minimum Gasteiger partial charge on any atom is -0.360 e. The summed E-state index contributed by atoms with van der Waals surface area (Å²) in [5.41, 5.74) is 8.38. The maximum atomic E-state index is 11.3. The molecule has 1 saturated heterocycles. The molecule has 3 N–H and O–H groups in total. The minimum atomic E-state index is -0.0716. The molecule has 1 aliphatic heterocycles. The molecule has 1 heterocycles. The smallest absolute Gasteiger partial charge is 0.239 e. The van der Waals surface area contributed by atoms with Gasteiger partial charge in [0.05, 0.1) is 6.54 Å². The van der Waals surface area contributed by atoms with Crippen LogP contribution in [0, 0.1) is 0 Å². The lowest BCUT2D eigenvalue weighted by Gasteiger charge is -2.28. The van der Waals surface area contributed by atoms with Crippen molar-refractivity contribution in [2.24, 2.45) is 5.73 Å². The van der Waals surface area contributed by atoms with E-state index in [1.54, 1.807) is 0 Å². The quantitative estimate of drug-likeness (QED) is 0.782. The van der Waals surface area contributed by atoms with Crippen molar-refractivity contribution in [1.29, 1.82) is 0 Å². The predicted octanol–water partition coefficient (Wildman–Crippen LogP) is 0.571. The second kappa shape index (κ2) is 3.74. The van der Waals surface area contributed by atoms with E-state index in [1.807, 2.05) is 0 Å². The number of nitrogens with one attached hydrogen (secondary N) is 1. The standard InChI is InChI=1S/C13H17N3O/c14-13(5-6-13)10-1-3-11(4-2-10)16-8-7-15-12(17)9-16/h1-4H,5-9,14H2,(H,15,17). The van der Waals surface area contributed by atoms with Crippen LogP contribution in [0.2, 0.25) is 0 Å². The van der Waals surface area contributed by atoms with Gasteiger partial charge >= 0.3 is 0 Å². The molecule has 90 valence electrons. The summed E-state index contributed by atoms with van der Waals surface area (Å²) < 4.78 is 0. The third-order valence-electron chi connectivity index (χ3n) is 3.63. The highest BCUT2D eigenvalue weighted by Gasteiger charge is 2.39. The molecule has 2 fully saturated rings. The van der Waals surface area contributed by atoms with Gasteiger partial charge < -0.3 is 16.0 Å². The first-order chi connectivity index (χ1) is 8.17. The molecule has 1 aromatic rings. The minimum absolute atomic E-state index is 0.0716. The highest BCUT2D eigenvalue weighted by Crippen LogP contribution is 2.42. The number of carbonyl (C=O) groups excluding carboxylic acids is 1. The predicted molar refractivity (Wildman–Crippen MR) is 66.8 cm³/mol. The monoisotopic (exact) mass is 231 g/mol. The number of carbonyl (C=O) groups is 1. The summed E-state index contributed by atoms with van der Waals surface area (Å²) in [5.74, 6) is 0.0952. The summed E-state index contributed by atoms with van der Waals surface area (Å²) in [6.45, 7) is 2.05. The fourth-order valence-corrected chi connectivity index (χ4v) is 2.29. The van der Waals surface area contributed by atoms with Gasteiger partial charge in [0.1, 0.15) is 0 Å². The van der Waals surface area contributed by atoms with Crippen LogP contribution in [0.25, 0.3) is 0 Å². The zero-order valence-electron chi connectivity index (χ0n) is 9.78. The van der Waals surface area contributed by atoms with E-state index in [-0.39, 0.29) is 11.4 Å². The Labute approximate surface area is 101 Å². The molecule has 1 aromatic carbocycles. The van der Waals surface area contributed by atoms with Crippen LogP contribution < -0.4 is 16.0 Å². The van der Waals surface area contributed by atoms with Gasteiger partial charge in [-0.2, -0.15) is 0 Å². The molecule has 17 heavy (non-hydrogen) atoms. The number of hydrogen-bond acceptors (Lipinski definition) is 3. The fourth-order valence-electron chi connectivity index (χ4n) is 2.29. The van der Waals surface area contributed by atoms with E-state index in [0.29, 0.717) is 6.54 Å². The molecule has 2 aliphatic rings. The van der Waals surface area contributed by atoms with Crippen LogP contribution in [0.1, 0.15) is 18.4 Å². The summed E-state index contributed by atoms with van der Waals surface area (Å²) in [5, 5.41) is 2.83. The van der Waals surface area contributed by atoms with Crippen molar-refractivity contribution in [2.75, 3.05) is 24.5 Å². The van der Waals surface area contributed by atoms with Gasteiger partial charge in [-0.15, -0.1) is 0 Å².